The van der Waals surface area contributed by atoms with E-state index in [1.807, 2.05) is 30.3 Å². The molecular formula is C17H19N3O3. The number of ether oxygens (including phenoxy) is 2. The Kier molecular flexibility index (Phi) is 6.69. The largest absolute Gasteiger partial charge is 0.481 e. The van der Waals surface area contributed by atoms with Gasteiger partial charge in [0.25, 0.3) is 0 Å². The molecule has 0 atom stereocenters. The number of methoxy groups -OCH3 is 1. The Balaban J connectivity index is 1.69. The number of benzene rings is 1. The second kappa shape index (κ2) is 9.28. The average Bonchev–Trinajstić information content (AvgIpc) is 2.58. The number of rotatable bonds is 6. The van der Waals surface area contributed by atoms with Crippen LogP contribution in [0, 0.1) is 11.8 Å². The first-order chi connectivity index (χ1) is 11.3. The molecule has 6 nitrogen and oxygen atoms in total. The molecule has 1 heterocycles. The molecule has 2 rings (SSSR count). The lowest BCUT2D eigenvalue weighted by Crippen LogP contribution is -2.37. The van der Waals surface area contributed by atoms with Gasteiger partial charge < -0.3 is 20.1 Å². The number of pyridine rings is 1. The van der Waals surface area contributed by atoms with Crippen molar-refractivity contribution in [3.8, 4) is 17.6 Å². The standard InChI is InChI=1S/C17H19N3O3/c1-22-12-10-20-17(21)19-8-2-3-11-23-15-7-6-14-5-4-9-18-16(14)13-15/h4-7,9,13H,8,10-12H2,1H3,(H2,19,20,21). The van der Waals surface area contributed by atoms with Crippen molar-refractivity contribution in [1.82, 2.24) is 15.6 Å². The van der Waals surface area contributed by atoms with Crippen LogP contribution in [0.5, 0.6) is 5.75 Å². The Hall–Kier alpha value is -2.78. The van der Waals surface area contributed by atoms with Crippen LogP contribution in [0.3, 0.4) is 0 Å². The van der Waals surface area contributed by atoms with Crippen molar-refractivity contribution in [3.05, 3.63) is 36.5 Å². The van der Waals surface area contributed by atoms with Crippen LogP contribution in [-0.2, 0) is 4.74 Å². The van der Waals surface area contributed by atoms with E-state index in [0.717, 1.165) is 16.7 Å². The first-order valence-corrected chi connectivity index (χ1v) is 7.23. The molecule has 0 aliphatic heterocycles. The molecule has 2 amide bonds. The summed E-state index contributed by atoms with van der Waals surface area (Å²) >= 11 is 0. The van der Waals surface area contributed by atoms with Gasteiger partial charge in [-0.25, -0.2) is 4.79 Å². The predicted octanol–water partition coefficient (Wildman–Crippen LogP) is 1.56. The Bertz CT molecular complexity index is 707. The molecule has 0 unspecified atom stereocenters. The Morgan fingerprint density at radius 1 is 1.26 bits per heavy atom. The van der Waals surface area contributed by atoms with Gasteiger partial charge in [0.2, 0.25) is 0 Å². The molecular weight excluding hydrogens is 294 g/mol. The van der Waals surface area contributed by atoms with Gasteiger partial charge in [0, 0.05) is 31.3 Å². The van der Waals surface area contributed by atoms with Crippen molar-refractivity contribution < 1.29 is 14.3 Å². The number of amides is 2. The summed E-state index contributed by atoms with van der Waals surface area (Å²) in [5, 5.41) is 6.32. The molecule has 0 aliphatic rings. The fraction of sp³-hybridized carbons (Fsp3) is 0.294. The molecule has 0 aliphatic carbocycles. The highest BCUT2D eigenvalue weighted by Gasteiger charge is 1.97. The molecule has 0 saturated heterocycles. The second-order valence-electron chi connectivity index (χ2n) is 4.60. The molecule has 0 spiro atoms. The van der Waals surface area contributed by atoms with Gasteiger partial charge in [0.05, 0.1) is 18.7 Å². The van der Waals surface area contributed by atoms with E-state index in [2.05, 4.69) is 27.5 Å². The number of hydrogen-bond acceptors (Lipinski definition) is 4. The fourth-order valence-electron chi connectivity index (χ4n) is 1.82. The summed E-state index contributed by atoms with van der Waals surface area (Å²) in [6.07, 6.45) is 1.75. The maximum atomic E-state index is 11.3. The minimum atomic E-state index is -0.266. The molecule has 6 heteroatoms. The number of hydrogen-bond donors (Lipinski definition) is 2. The number of fused-ring (bicyclic) bond motifs is 1. The predicted molar refractivity (Wildman–Crippen MR) is 88.3 cm³/mol. The molecule has 0 radical (unpaired) electrons. The second-order valence-corrected chi connectivity index (χ2v) is 4.60. The van der Waals surface area contributed by atoms with Crippen molar-refractivity contribution >= 4 is 16.9 Å². The summed E-state index contributed by atoms with van der Waals surface area (Å²) in [6, 6.07) is 9.34. The monoisotopic (exact) mass is 313 g/mol. The topological polar surface area (TPSA) is 72.5 Å². The lowest BCUT2D eigenvalue weighted by atomic mass is 10.2. The van der Waals surface area contributed by atoms with Crippen LogP contribution in [0.25, 0.3) is 10.9 Å². The van der Waals surface area contributed by atoms with Gasteiger partial charge in [-0.05, 0) is 18.2 Å². The van der Waals surface area contributed by atoms with E-state index in [0.29, 0.717) is 13.2 Å². The maximum absolute atomic E-state index is 11.3. The smallest absolute Gasteiger partial charge is 0.315 e. The van der Waals surface area contributed by atoms with E-state index >= 15 is 0 Å². The highest BCUT2D eigenvalue weighted by Crippen LogP contribution is 2.18. The SMILES string of the molecule is COCCNC(=O)NCC#CCOc1ccc2cccnc2c1. The number of nitrogens with one attached hydrogen (secondary N) is 2. The summed E-state index contributed by atoms with van der Waals surface area (Å²) < 4.78 is 10.4. The van der Waals surface area contributed by atoms with Crippen LogP contribution in [0.4, 0.5) is 4.79 Å². The molecule has 1 aromatic heterocycles. The molecule has 120 valence electrons. The Morgan fingerprint density at radius 2 is 2.17 bits per heavy atom. The normalized spacial score (nSPS) is 9.78. The van der Waals surface area contributed by atoms with Gasteiger partial charge >= 0.3 is 6.03 Å². The zero-order chi connectivity index (χ0) is 16.3. The van der Waals surface area contributed by atoms with Gasteiger partial charge in [-0.1, -0.05) is 17.9 Å². The lowest BCUT2D eigenvalue weighted by Gasteiger charge is -2.04. The van der Waals surface area contributed by atoms with Gasteiger partial charge in [-0.2, -0.15) is 0 Å². The van der Waals surface area contributed by atoms with Gasteiger partial charge in [0.1, 0.15) is 12.4 Å². The molecule has 0 fully saturated rings. The van der Waals surface area contributed by atoms with Crippen LogP contribution in [0.1, 0.15) is 0 Å². The van der Waals surface area contributed by atoms with E-state index in [-0.39, 0.29) is 19.2 Å². The molecule has 0 bridgehead atoms. The van der Waals surface area contributed by atoms with Gasteiger partial charge in [-0.3, -0.25) is 4.98 Å². The molecule has 1 aromatic carbocycles. The molecule has 2 aromatic rings. The number of urea groups is 1. The average molecular weight is 313 g/mol. The number of aromatic nitrogens is 1. The third kappa shape index (κ3) is 5.85. The summed E-state index contributed by atoms with van der Waals surface area (Å²) in [5.41, 5.74) is 0.882. The van der Waals surface area contributed by atoms with Crippen LogP contribution < -0.4 is 15.4 Å². The van der Waals surface area contributed by atoms with Gasteiger partial charge in [0.15, 0.2) is 0 Å². The van der Waals surface area contributed by atoms with Crippen molar-refractivity contribution in [1.29, 1.82) is 0 Å². The van der Waals surface area contributed by atoms with E-state index < -0.39 is 0 Å². The number of nitrogens with zero attached hydrogens (tertiary/aromatic N) is 1. The van der Waals surface area contributed by atoms with E-state index in [1.54, 1.807) is 13.3 Å². The summed E-state index contributed by atoms with van der Waals surface area (Å²) in [4.78, 5) is 15.6. The first-order valence-electron chi connectivity index (χ1n) is 7.23. The summed E-state index contributed by atoms with van der Waals surface area (Å²) in [6.45, 7) is 1.47. The number of carbonyl (C=O) groups is 1. The van der Waals surface area contributed by atoms with Crippen LogP contribution in [0.2, 0.25) is 0 Å². The minimum Gasteiger partial charge on any atom is -0.481 e. The third-order valence-electron chi connectivity index (χ3n) is 2.94. The van der Waals surface area contributed by atoms with Crippen LogP contribution >= 0.6 is 0 Å². The highest BCUT2D eigenvalue weighted by atomic mass is 16.5. The quantitative estimate of drug-likeness (QED) is 0.627. The van der Waals surface area contributed by atoms with E-state index in [1.165, 1.54) is 0 Å². The van der Waals surface area contributed by atoms with Gasteiger partial charge in [-0.15, -0.1) is 0 Å². The Labute approximate surface area is 135 Å². The van der Waals surface area contributed by atoms with E-state index in [4.69, 9.17) is 9.47 Å². The zero-order valence-corrected chi connectivity index (χ0v) is 13.0. The molecule has 23 heavy (non-hydrogen) atoms. The lowest BCUT2D eigenvalue weighted by molar-refractivity contribution is 0.196. The van der Waals surface area contributed by atoms with Crippen LogP contribution in [-0.4, -0.2) is 44.4 Å². The zero-order valence-electron chi connectivity index (χ0n) is 13.0. The summed E-state index contributed by atoms with van der Waals surface area (Å²) in [5.74, 6) is 6.38. The Morgan fingerprint density at radius 3 is 3.04 bits per heavy atom. The van der Waals surface area contributed by atoms with E-state index in [9.17, 15) is 4.79 Å². The molecule has 0 saturated carbocycles. The highest BCUT2D eigenvalue weighted by molar-refractivity contribution is 5.79. The van der Waals surface area contributed by atoms with Crippen molar-refractivity contribution in [3.63, 3.8) is 0 Å². The molecule has 2 N–H and O–H groups in total. The first kappa shape index (κ1) is 16.6. The third-order valence-corrected chi connectivity index (χ3v) is 2.94. The summed E-state index contributed by atoms with van der Waals surface area (Å²) in [7, 11) is 1.58. The number of carbonyl (C=O) groups excluding carboxylic acids is 1. The van der Waals surface area contributed by atoms with Crippen molar-refractivity contribution in [2.24, 2.45) is 0 Å². The fourth-order valence-corrected chi connectivity index (χ4v) is 1.82. The van der Waals surface area contributed by atoms with Crippen molar-refractivity contribution in [2.45, 2.75) is 0 Å². The minimum absolute atomic E-state index is 0.255. The maximum Gasteiger partial charge on any atom is 0.315 e. The van der Waals surface area contributed by atoms with Crippen LogP contribution in [0.15, 0.2) is 36.5 Å². The van der Waals surface area contributed by atoms with Crippen molar-refractivity contribution in [2.75, 3.05) is 33.4 Å².